The Bertz CT molecular complexity index is 1310. The first-order valence-electron chi connectivity index (χ1n) is 12.8. The first-order valence-corrected chi connectivity index (χ1v) is 12.8. The third-order valence-corrected chi connectivity index (χ3v) is 5.40. The number of carbonyl (C=O) groups is 1. The van der Waals surface area contributed by atoms with E-state index in [1.165, 1.54) is 29.8 Å². The van der Waals surface area contributed by atoms with Gasteiger partial charge >= 0.3 is 6.08 Å². The van der Waals surface area contributed by atoms with Crippen LogP contribution in [0.4, 0.5) is 21.6 Å². The van der Waals surface area contributed by atoms with Crippen molar-refractivity contribution in [3.05, 3.63) is 83.4 Å². The van der Waals surface area contributed by atoms with Gasteiger partial charge in [0.15, 0.2) is 17.7 Å². The van der Waals surface area contributed by atoms with Gasteiger partial charge in [0, 0.05) is 36.7 Å². The van der Waals surface area contributed by atoms with Crippen LogP contribution in [0, 0.1) is 19.7 Å². The molecule has 0 radical (unpaired) electrons. The van der Waals surface area contributed by atoms with Crippen molar-refractivity contribution in [2.45, 2.75) is 27.7 Å². The molecule has 208 valence electrons. The number of benzene rings is 2. The van der Waals surface area contributed by atoms with E-state index in [0.717, 1.165) is 22.8 Å². The molecule has 0 unspecified atom stereocenters. The van der Waals surface area contributed by atoms with Crippen LogP contribution < -0.4 is 15.4 Å². The quantitative estimate of drug-likeness (QED) is 0.228. The summed E-state index contributed by atoms with van der Waals surface area (Å²) in [6, 6.07) is 15.8. The second kappa shape index (κ2) is 15.9. The van der Waals surface area contributed by atoms with E-state index in [-0.39, 0.29) is 23.3 Å². The molecule has 2 heterocycles. The van der Waals surface area contributed by atoms with Gasteiger partial charge in [0.2, 0.25) is 0 Å². The number of hydrogen-bond acceptors (Lipinski definition) is 8. The summed E-state index contributed by atoms with van der Waals surface area (Å²) < 4.78 is 23.6. The van der Waals surface area contributed by atoms with Crippen molar-refractivity contribution in [2.75, 3.05) is 44.9 Å². The summed E-state index contributed by atoms with van der Waals surface area (Å²) in [6.07, 6.45) is 2.42. The smallest absolute Gasteiger partial charge is 0.394 e. The minimum atomic E-state index is -0.358. The third kappa shape index (κ3) is 9.54. The van der Waals surface area contributed by atoms with Gasteiger partial charge < -0.3 is 24.7 Å². The second-order valence-electron chi connectivity index (χ2n) is 8.54. The number of nitrogens with zero attached hydrogens (tertiary/aromatic N) is 3. The van der Waals surface area contributed by atoms with Gasteiger partial charge in [0.1, 0.15) is 18.2 Å². The lowest BCUT2D eigenvalue weighted by molar-refractivity contribution is 0.111. The first kappa shape index (κ1) is 31.0. The molecule has 0 atom stereocenters. The summed E-state index contributed by atoms with van der Waals surface area (Å²) >= 11 is 0. The predicted molar refractivity (Wildman–Crippen MR) is 156 cm³/mol. The van der Waals surface area contributed by atoms with Crippen LogP contribution in [0.25, 0.3) is 11.3 Å². The van der Waals surface area contributed by atoms with Crippen LogP contribution in [-0.4, -0.2) is 55.4 Å². The van der Waals surface area contributed by atoms with Gasteiger partial charge in [-0.15, -0.1) is 0 Å². The number of rotatable bonds is 9. The summed E-state index contributed by atoms with van der Waals surface area (Å²) in [5.74, 6) is 0.826. The molecule has 4 rings (SSSR count). The summed E-state index contributed by atoms with van der Waals surface area (Å²) in [6.45, 7) is 9.23. The lowest BCUT2D eigenvalue weighted by Gasteiger charge is -2.12. The number of nitrogens with one attached hydrogen (secondary N) is 2. The summed E-state index contributed by atoms with van der Waals surface area (Å²) in [5, 5.41) is 6.50. The number of carbonyl (C=O) groups excluding carboxylic acids is 1. The zero-order valence-electron chi connectivity index (χ0n) is 23.7. The van der Waals surface area contributed by atoms with Gasteiger partial charge in [-0.1, -0.05) is 26.0 Å². The summed E-state index contributed by atoms with van der Waals surface area (Å²) in [5.41, 5.74) is 5.22. The molecular weight excluding hydrogens is 497 g/mol. The highest BCUT2D eigenvalue weighted by atomic mass is 19.1. The lowest BCUT2D eigenvalue weighted by Crippen LogP contribution is -2.19. The summed E-state index contributed by atoms with van der Waals surface area (Å²) in [7, 11) is 5.75. The lowest BCUT2D eigenvalue weighted by atomic mass is 10.1. The molecule has 0 aliphatic heterocycles. The fourth-order valence-electron chi connectivity index (χ4n) is 3.23. The predicted octanol–water partition coefficient (Wildman–Crippen LogP) is 6.74. The number of hydrogen-bond donors (Lipinski definition) is 2. The Labute approximate surface area is 230 Å². The maximum Gasteiger partial charge on any atom is 0.394 e. The van der Waals surface area contributed by atoms with Crippen molar-refractivity contribution >= 4 is 23.5 Å². The standard InChI is InChI=1S/C14H15FN2O3.C14H17N3.C2H6/c1-17(2)7-8-19-14-16-12(9-18)13(20-14)10-3-5-11(15)6-4-10;1-10-6-7-12(15-3)9-13(10)17-14-11(2)5-4-8-16-14;1-2/h3-6,9H,7-8H2,1-2H3;4-9,15H,1-3H3,(H,16,17);1-2H3. The number of aryl methyl sites for hydroxylation is 2. The van der Waals surface area contributed by atoms with Crippen molar-refractivity contribution < 1.29 is 18.3 Å². The van der Waals surface area contributed by atoms with Crippen molar-refractivity contribution in [1.82, 2.24) is 14.9 Å². The minimum Gasteiger partial charge on any atom is -0.449 e. The molecule has 4 aromatic rings. The van der Waals surface area contributed by atoms with E-state index in [1.54, 1.807) is 6.20 Å². The second-order valence-corrected chi connectivity index (χ2v) is 8.54. The minimum absolute atomic E-state index is 0.0354. The summed E-state index contributed by atoms with van der Waals surface area (Å²) in [4.78, 5) is 21.2. The van der Waals surface area contributed by atoms with Gasteiger partial charge in [-0.3, -0.25) is 4.79 Å². The van der Waals surface area contributed by atoms with Crippen LogP contribution in [-0.2, 0) is 0 Å². The molecule has 0 aliphatic carbocycles. The average Bonchev–Trinajstić information content (AvgIpc) is 3.36. The molecule has 0 saturated heterocycles. The molecule has 0 spiro atoms. The highest BCUT2D eigenvalue weighted by molar-refractivity contribution is 5.82. The number of halogens is 1. The normalized spacial score (nSPS) is 10.1. The molecule has 0 amide bonds. The molecule has 2 aromatic heterocycles. The molecule has 0 aliphatic rings. The first-order chi connectivity index (χ1) is 18.8. The molecule has 2 N–H and O–H groups in total. The number of likely N-dealkylation sites (N-methyl/N-ethyl adjacent to an activating group) is 1. The highest BCUT2D eigenvalue weighted by Crippen LogP contribution is 2.27. The third-order valence-electron chi connectivity index (χ3n) is 5.40. The van der Waals surface area contributed by atoms with E-state index in [0.29, 0.717) is 25.0 Å². The number of anilines is 3. The molecule has 8 nitrogen and oxygen atoms in total. The van der Waals surface area contributed by atoms with E-state index in [4.69, 9.17) is 9.15 Å². The van der Waals surface area contributed by atoms with E-state index in [1.807, 2.05) is 58.9 Å². The maximum atomic E-state index is 12.9. The van der Waals surface area contributed by atoms with Crippen LogP contribution >= 0.6 is 0 Å². The monoisotopic (exact) mass is 535 g/mol. The number of pyridine rings is 1. The largest absolute Gasteiger partial charge is 0.449 e. The molecule has 0 saturated carbocycles. The van der Waals surface area contributed by atoms with Crippen molar-refractivity contribution in [3.63, 3.8) is 0 Å². The Morgan fingerprint density at radius 1 is 1.05 bits per heavy atom. The Balaban J connectivity index is 0.000000260. The van der Waals surface area contributed by atoms with Crippen LogP contribution in [0.15, 0.2) is 65.2 Å². The Morgan fingerprint density at radius 3 is 2.38 bits per heavy atom. The van der Waals surface area contributed by atoms with Crippen molar-refractivity contribution in [1.29, 1.82) is 0 Å². The molecule has 0 fully saturated rings. The van der Waals surface area contributed by atoms with Gasteiger partial charge in [-0.05, 0) is 81.5 Å². The van der Waals surface area contributed by atoms with Crippen molar-refractivity contribution in [2.24, 2.45) is 0 Å². The Morgan fingerprint density at radius 2 is 1.77 bits per heavy atom. The maximum absolute atomic E-state index is 12.9. The van der Waals surface area contributed by atoms with Crippen LogP contribution in [0.3, 0.4) is 0 Å². The average molecular weight is 536 g/mol. The fraction of sp³-hybridized carbons (Fsp3) is 0.300. The molecule has 39 heavy (non-hydrogen) atoms. The highest BCUT2D eigenvalue weighted by Gasteiger charge is 2.15. The van der Waals surface area contributed by atoms with Crippen molar-refractivity contribution in [3.8, 4) is 17.4 Å². The number of aldehydes is 1. The van der Waals surface area contributed by atoms with Crippen LogP contribution in [0.2, 0.25) is 0 Å². The zero-order valence-corrected chi connectivity index (χ0v) is 23.7. The van der Waals surface area contributed by atoms with E-state index < -0.39 is 0 Å². The topological polar surface area (TPSA) is 92.5 Å². The van der Waals surface area contributed by atoms with E-state index in [2.05, 4.69) is 45.7 Å². The van der Waals surface area contributed by atoms with Gasteiger partial charge in [-0.2, -0.15) is 4.98 Å². The molecular formula is C30H38FN5O3. The Kier molecular flexibility index (Phi) is 12.6. The van der Waals surface area contributed by atoms with Gasteiger partial charge in [0.25, 0.3) is 0 Å². The van der Waals surface area contributed by atoms with Gasteiger partial charge in [0.05, 0.1) is 0 Å². The van der Waals surface area contributed by atoms with E-state index in [9.17, 15) is 9.18 Å². The number of ether oxygens (including phenoxy) is 1. The molecule has 2 aromatic carbocycles. The van der Waals surface area contributed by atoms with E-state index >= 15 is 0 Å². The van der Waals surface area contributed by atoms with Gasteiger partial charge in [-0.25, -0.2) is 9.37 Å². The number of aromatic nitrogens is 2. The molecule has 0 bridgehead atoms. The zero-order chi connectivity index (χ0) is 28.8. The van der Waals surface area contributed by atoms with Crippen LogP contribution in [0.1, 0.15) is 35.5 Å². The molecule has 9 heteroatoms. The number of oxazole rings is 1. The van der Waals surface area contributed by atoms with Crippen LogP contribution in [0.5, 0.6) is 6.08 Å². The Hall–Kier alpha value is -4.24. The SMILES string of the molecule is CC.CN(C)CCOc1nc(C=O)c(-c2ccc(F)cc2)o1.CNc1ccc(C)c(Nc2ncccc2C)c1. The fourth-order valence-corrected chi connectivity index (χ4v) is 3.23.